The summed E-state index contributed by atoms with van der Waals surface area (Å²) in [6.45, 7) is 7.60. The first-order chi connectivity index (χ1) is 9.49. The molecule has 0 aromatic carbocycles. The average molecular weight is 283 g/mol. The third-order valence-corrected chi connectivity index (χ3v) is 4.80. The van der Waals surface area contributed by atoms with Crippen molar-refractivity contribution < 1.29 is 9.90 Å². The van der Waals surface area contributed by atoms with Crippen LogP contribution in [0.25, 0.3) is 0 Å². The van der Waals surface area contributed by atoms with Gasteiger partial charge >= 0.3 is 5.97 Å². The largest absolute Gasteiger partial charge is 0.480 e. The van der Waals surface area contributed by atoms with E-state index in [1.807, 2.05) is 0 Å². The minimum atomic E-state index is -1.07. The van der Waals surface area contributed by atoms with Crippen molar-refractivity contribution in [1.29, 1.82) is 0 Å². The van der Waals surface area contributed by atoms with Gasteiger partial charge in [-0.05, 0) is 71.6 Å². The molecule has 0 bridgehead atoms. The molecule has 0 aromatic heterocycles. The number of nitrogens with zero attached hydrogens (tertiary/aromatic N) is 2. The normalized spacial score (nSPS) is 27.8. The summed E-state index contributed by atoms with van der Waals surface area (Å²) in [7, 11) is 0. The molecule has 2 aliphatic rings. The molecule has 2 unspecified atom stereocenters. The van der Waals surface area contributed by atoms with Crippen LogP contribution in [0, 0.1) is 0 Å². The summed E-state index contributed by atoms with van der Waals surface area (Å²) in [5.41, 5.74) is 4.69. The van der Waals surface area contributed by atoms with Crippen molar-refractivity contribution >= 4 is 5.97 Å². The van der Waals surface area contributed by atoms with E-state index < -0.39 is 11.5 Å². The van der Waals surface area contributed by atoms with Gasteiger partial charge in [-0.25, -0.2) is 0 Å². The lowest BCUT2D eigenvalue weighted by Crippen LogP contribution is -2.44. The van der Waals surface area contributed by atoms with Gasteiger partial charge < -0.3 is 15.7 Å². The molecule has 116 valence electrons. The first-order valence-electron chi connectivity index (χ1n) is 7.98. The fourth-order valence-corrected chi connectivity index (χ4v) is 3.42. The molecule has 0 saturated carbocycles. The van der Waals surface area contributed by atoms with E-state index in [4.69, 9.17) is 10.8 Å². The Labute approximate surface area is 122 Å². The van der Waals surface area contributed by atoms with Crippen molar-refractivity contribution in [3.05, 3.63) is 0 Å². The molecule has 5 heteroatoms. The van der Waals surface area contributed by atoms with Gasteiger partial charge in [0.1, 0.15) is 5.54 Å². The van der Waals surface area contributed by atoms with E-state index in [0.29, 0.717) is 6.42 Å². The molecule has 0 aromatic rings. The van der Waals surface area contributed by atoms with Crippen LogP contribution in [0.15, 0.2) is 0 Å². The third-order valence-electron chi connectivity index (χ3n) is 4.80. The zero-order chi connectivity index (χ0) is 14.6. The van der Waals surface area contributed by atoms with Crippen molar-refractivity contribution in [2.45, 2.75) is 57.0 Å². The topological polar surface area (TPSA) is 69.8 Å². The van der Waals surface area contributed by atoms with E-state index >= 15 is 0 Å². The highest BCUT2D eigenvalue weighted by Crippen LogP contribution is 2.21. The number of fused-ring (bicyclic) bond motifs is 1. The van der Waals surface area contributed by atoms with Crippen LogP contribution in [0.5, 0.6) is 0 Å². The number of unbranched alkanes of at least 4 members (excludes halogenated alkanes) is 1. The Morgan fingerprint density at radius 1 is 1.30 bits per heavy atom. The summed E-state index contributed by atoms with van der Waals surface area (Å²) >= 11 is 0. The second kappa shape index (κ2) is 6.87. The quantitative estimate of drug-likeness (QED) is 0.715. The fraction of sp³-hybridized carbons (Fsp3) is 0.933. The monoisotopic (exact) mass is 283 g/mol. The van der Waals surface area contributed by atoms with E-state index in [1.54, 1.807) is 6.92 Å². The minimum absolute atomic E-state index is 0.561. The molecule has 0 spiro atoms. The van der Waals surface area contributed by atoms with Gasteiger partial charge in [-0.3, -0.25) is 9.69 Å². The standard InChI is InChI=1S/C15H29N3O2/c1-15(16,14(19)20)7-2-3-8-17-9-5-11-18-10-4-6-13(18)12-17/h13H,2-12,16H2,1H3,(H,19,20). The maximum Gasteiger partial charge on any atom is 0.323 e. The summed E-state index contributed by atoms with van der Waals surface area (Å²) in [5.74, 6) is -0.895. The number of hydrogen-bond acceptors (Lipinski definition) is 4. The van der Waals surface area contributed by atoms with E-state index in [-0.39, 0.29) is 0 Å². The third kappa shape index (κ3) is 4.17. The maximum atomic E-state index is 10.9. The molecule has 20 heavy (non-hydrogen) atoms. The predicted octanol–water partition coefficient (Wildman–Crippen LogP) is 1.13. The molecule has 2 heterocycles. The molecule has 5 nitrogen and oxygen atoms in total. The van der Waals surface area contributed by atoms with Gasteiger partial charge in [0.15, 0.2) is 0 Å². The zero-order valence-electron chi connectivity index (χ0n) is 12.7. The lowest BCUT2D eigenvalue weighted by atomic mass is 9.96. The molecule has 0 amide bonds. The molecule has 2 fully saturated rings. The van der Waals surface area contributed by atoms with Crippen LogP contribution in [0.3, 0.4) is 0 Å². The van der Waals surface area contributed by atoms with Crippen LogP contribution in [-0.4, -0.2) is 65.2 Å². The summed E-state index contributed by atoms with van der Waals surface area (Å²) in [6.07, 6.45) is 6.46. The number of carboxylic acid groups (broad SMARTS) is 1. The highest BCUT2D eigenvalue weighted by atomic mass is 16.4. The highest BCUT2D eigenvalue weighted by Gasteiger charge is 2.29. The van der Waals surface area contributed by atoms with Crippen LogP contribution in [0.4, 0.5) is 0 Å². The maximum absolute atomic E-state index is 10.9. The Morgan fingerprint density at radius 2 is 2.05 bits per heavy atom. The van der Waals surface area contributed by atoms with Gasteiger partial charge in [-0.15, -0.1) is 0 Å². The van der Waals surface area contributed by atoms with Crippen LogP contribution in [-0.2, 0) is 4.79 Å². The Morgan fingerprint density at radius 3 is 2.80 bits per heavy atom. The molecule has 3 N–H and O–H groups in total. The summed E-state index contributed by atoms with van der Waals surface area (Å²) in [5, 5.41) is 8.99. The Balaban J connectivity index is 1.67. The van der Waals surface area contributed by atoms with Gasteiger partial charge in [0.05, 0.1) is 0 Å². The van der Waals surface area contributed by atoms with Gasteiger partial charge in [-0.2, -0.15) is 0 Å². The SMILES string of the molecule is CC(N)(CCCCN1CCCN2CCCC2C1)C(=O)O. The molecule has 2 atom stereocenters. The number of rotatable bonds is 6. The second-order valence-electron chi connectivity index (χ2n) is 6.67. The molecule has 2 rings (SSSR count). The number of nitrogens with two attached hydrogens (primary N) is 1. The van der Waals surface area contributed by atoms with Crippen molar-refractivity contribution in [2.75, 3.05) is 32.7 Å². The van der Waals surface area contributed by atoms with Crippen LogP contribution in [0.2, 0.25) is 0 Å². The summed E-state index contributed by atoms with van der Waals surface area (Å²) in [6, 6.07) is 0.760. The van der Waals surface area contributed by atoms with E-state index in [2.05, 4.69) is 9.80 Å². The van der Waals surface area contributed by atoms with Crippen molar-refractivity contribution in [3.8, 4) is 0 Å². The lowest BCUT2D eigenvalue weighted by Gasteiger charge is -2.26. The number of carboxylic acids is 1. The fourth-order valence-electron chi connectivity index (χ4n) is 3.42. The molecule has 2 saturated heterocycles. The smallest absolute Gasteiger partial charge is 0.323 e. The zero-order valence-corrected chi connectivity index (χ0v) is 12.7. The number of carbonyl (C=O) groups is 1. The van der Waals surface area contributed by atoms with Crippen LogP contribution >= 0.6 is 0 Å². The Hall–Kier alpha value is -0.650. The van der Waals surface area contributed by atoms with Crippen molar-refractivity contribution in [1.82, 2.24) is 9.80 Å². The van der Waals surface area contributed by atoms with E-state index in [0.717, 1.165) is 25.4 Å². The first-order valence-corrected chi connectivity index (χ1v) is 7.98. The van der Waals surface area contributed by atoms with Gasteiger partial charge in [0.2, 0.25) is 0 Å². The van der Waals surface area contributed by atoms with Crippen LogP contribution < -0.4 is 5.73 Å². The lowest BCUT2D eigenvalue weighted by molar-refractivity contribution is -0.142. The molecular formula is C15H29N3O2. The van der Waals surface area contributed by atoms with E-state index in [1.165, 1.54) is 45.4 Å². The van der Waals surface area contributed by atoms with Crippen molar-refractivity contribution in [2.24, 2.45) is 5.73 Å². The minimum Gasteiger partial charge on any atom is -0.480 e. The molecular weight excluding hydrogens is 254 g/mol. The van der Waals surface area contributed by atoms with Gasteiger partial charge in [-0.1, -0.05) is 0 Å². The number of hydrogen-bond donors (Lipinski definition) is 2. The van der Waals surface area contributed by atoms with Crippen molar-refractivity contribution in [3.63, 3.8) is 0 Å². The summed E-state index contributed by atoms with van der Waals surface area (Å²) in [4.78, 5) is 16.1. The van der Waals surface area contributed by atoms with Crippen LogP contribution in [0.1, 0.15) is 45.4 Å². The average Bonchev–Trinajstić information content (AvgIpc) is 2.73. The highest BCUT2D eigenvalue weighted by molar-refractivity contribution is 5.77. The second-order valence-corrected chi connectivity index (χ2v) is 6.67. The molecule has 0 radical (unpaired) electrons. The van der Waals surface area contributed by atoms with Gasteiger partial charge in [0.25, 0.3) is 0 Å². The van der Waals surface area contributed by atoms with Gasteiger partial charge in [0, 0.05) is 12.6 Å². The molecule has 0 aliphatic carbocycles. The Bertz CT molecular complexity index is 333. The first kappa shape index (κ1) is 15.7. The number of aliphatic carboxylic acids is 1. The predicted molar refractivity (Wildman–Crippen MR) is 79.7 cm³/mol. The summed E-state index contributed by atoms with van der Waals surface area (Å²) < 4.78 is 0. The Kier molecular flexibility index (Phi) is 5.41. The molecule has 2 aliphatic heterocycles. The van der Waals surface area contributed by atoms with E-state index in [9.17, 15) is 4.79 Å².